The van der Waals surface area contributed by atoms with Gasteiger partial charge in [0.05, 0.1) is 11.4 Å². The molecule has 3 N–H and O–H groups in total. The number of fused-ring (bicyclic) bond motifs is 2. The quantitative estimate of drug-likeness (QED) is 0.537. The summed E-state index contributed by atoms with van der Waals surface area (Å²) in [4.78, 5) is 0. The third kappa shape index (κ3) is 1.50. The Morgan fingerprint density at radius 3 is 1.72 bits per heavy atom. The van der Waals surface area contributed by atoms with Gasteiger partial charge in [0.25, 0.3) is 0 Å². The minimum Gasteiger partial charge on any atom is -0.505 e. The molecule has 0 bridgehead atoms. The second-order valence-electron chi connectivity index (χ2n) is 3.83. The summed E-state index contributed by atoms with van der Waals surface area (Å²) in [6.07, 6.45) is 0. The van der Waals surface area contributed by atoms with Crippen molar-refractivity contribution in [1.29, 1.82) is 0 Å². The first kappa shape index (κ1) is 10.6. The third-order valence-corrected chi connectivity index (χ3v) is 2.59. The highest BCUT2D eigenvalue weighted by Gasteiger charge is 2.21. The van der Waals surface area contributed by atoms with E-state index >= 15 is 0 Å². The van der Waals surface area contributed by atoms with Crippen molar-refractivity contribution in [2.75, 3.05) is 5.32 Å². The molecule has 0 saturated carbocycles. The van der Waals surface area contributed by atoms with Crippen LogP contribution in [-0.2, 0) is 0 Å². The Balaban J connectivity index is 2.12. The van der Waals surface area contributed by atoms with Gasteiger partial charge in [0.2, 0.25) is 0 Å². The van der Waals surface area contributed by atoms with Crippen molar-refractivity contribution in [2.45, 2.75) is 0 Å². The van der Waals surface area contributed by atoms with Gasteiger partial charge in [-0.25, -0.2) is 8.78 Å². The van der Waals surface area contributed by atoms with Crippen LogP contribution >= 0.6 is 0 Å². The largest absolute Gasteiger partial charge is 0.505 e. The number of phenolic OH excluding ortho intramolecular Hbond substituents is 2. The Hall–Kier alpha value is -2.50. The van der Waals surface area contributed by atoms with Gasteiger partial charge in [0, 0.05) is 24.3 Å². The fourth-order valence-corrected chi connectivity index (χ4v) is 1.71. The van der Waals surface area contributed by atoms with Crippen molar-refractivity contribution in [1.82, 2.24) is 0 Å². The molecule has 6 heteroatoms. The van der Waals surface area contributed by atoms with Gasteiger partial charge in [-0.3, -0.25) is 0 Å². The van der Waals surface area contributed by atoms with Gasteiger partial charge >= 0.3 is 0 Å². The van der Waals surface area contributed by atoms with E-state index in [2.05, 4.69) is 5.32 Å². The molecule has 2 aromatic carbocycles. The van der Waals surface area contributed by atoms with Crippen LogP contribution in [0.4, 0.5) is 20.2 Å². The number of rotatable bonds is 0. The van der Waals surface area contributed by atoms with Crippen LogP contribution in [0.25, 0.3) is 0 Å². The zero-order chi connectivity index (χ0) is 12.9. The first-order chi connectivity index (χ1) is 8.54. The van der Waals surface area contributed by atoms with Crippen molar-refractivity contribution >= 4 is 11.4 Å². The molecule has 1 aliphatic rings. The predicted molar refractivity (Wildman–Crippen MR) is 59.5 cm³/mol. The number of anilines is 2. The van der Waals surface area contributed by atoms with E-state index in [0.29, 0.717) is 0 Å². The molecule has 1 aliphatic heterocycles. The Morgan fingerprint density at radius 2 is 1.28 bits per heavy atom. The molecule has 4 nitrogen and oxygen atoms in total. The van der Waals surface area contributed by atoms with Crippen molar-refractivity contribution in [2.24, 2.45) is 0 Å². The van der Waals surface area contributed by atoms with Crippen molar-refractivity contribution in [3.8, 4) is 23.0 Å². The normalized spacial score (nSPS) is 12.1. The first-order valence-electron chi connectivity index (χ1n) is 5.04. The summed E-state index contributed by atoms with van der Waals surface area (Å²) in [5.74, 6) is -2.35. The molecule has 0 amide bonds. The van der Waals surface area contributed by atoms with Crippen LogP contribution in [0.3, 0.4) is 0 Å². The Labute approximate surface area is 100 Å². The molecular formula is C12H7F2NO3. The molecule has 0 unspecified atom stereocenters. The SMILES string of the molecule is Oc1cc2c(cc1F)Nc1cc(F)c(O)cc1O2. The van der Waals surface area contributed by atoms with E-state index in [1.807, 2.05) is 0 Å². The molecule has 3 rings (SSSR count). The van der Waals surface area contributed by atoms with Gasteiger partial charge in [-0.1, -0.05) is 0 Å². The van der Waals surface area contributed by atoms with E-state index < -0.39 is 23.1 Å². The maximum atomic E-state index is 13.2. The highest BCUT2D eigenvalue weighted by molar-refractivity contribution is 5.77. The number of halogens is 2. The van der Waals surface area contributed by atoms with Gasteiger partial charge in [-0.05, 0) is 0 Å². The minimum atomic E-state index is -0.812. The summed E-state index contributed by atoms with van der Waals surface area (Å²) in [6.45, 7) is 0. The summed E-state index contributed by atoms with van der Waals surface area (Å²) in [5, 5.41) is 21.2. The highest BCUT2D eigenvalue weighted by atomic mass is 19.1. The monoisotopic (exact) mass is 251 g/mol. The van der Waals surface area contributed by atoms with Crippen LogP contribution in [0.5, 0.6) is 23.0 Å². The summed E-state index contributed by atoms with van der Waals surface area (Å²) in [5.41, 5.74) is 0.533. The zero-order valence-corrected chi connectivity index (χ0v) is 8.87. The lowest BCUT2D eigenvalue weighted by atomic mass is 10.2. The molecule has 0 atom stereocenters. The molecule has 0 saturated heterocycles. The van der Waals surface area contributed by atoms with Gasteiger partial charge in [0.15, 0.2) is 34.6 Å². The van der Waals surface area contributed by atoms with E-state index in [1.54, 1.807) is 0 Å². The molecule has 0 spiro atoms. The van der Waals surface area contributed by atoms with Crippen LogP contribution in [0.1, 0.15) is 0 Å². The summed E-state index contributed by atoms with van der Waals surface area (Å²) >= 11 is 0. The van der Waals surface area contributed by atoms with E-state index in [1.165, 1.54) is 0 Å². The van der Waals surface area contributed by atoms with Crippen LogP contribution in [0.2, 0.25) is 0 Å². The zero-order valence-electron chi connectivity index (χ0n) is 8.87. The van der Waals surface area contributed by atoms with E-state index in [4.69, 9.17) is 4.74 Å². The summed E-state index contributed by atoms with van der Waals surface area (Å²) in [6, 6.07) is 4.28. The first-order valence-corrected chi connectivity index (χ1v) is 5.04. The molecule has 1 heterocycles. The maximum Gasteiger partial charge on any atom is 0.167 e. The van der Waals surface area contributed by atoms with Gasteiger partial charge in [-0.15, -0.1) is 0 Å². The lowest BCUT2D eigenvalue weighted by Gasteiger charge is -2.22. The highest BCUT2D eigenvalue weighted by Crippen LogP contribution is 2.45. The van der Waals surface area contributed by atoms with E-state index in [9.17, 15) is 19.0 Å². The average molecular weight is 251 g/mol. The molecule has 2 aromatic rings. The second-order valence-corrected chi connectivity index (χ2v) is 3.83. The second kappa shape index (κ2) is 3.49. The molecule has 0 aliphatic carbocycles. The van der Waals surface area contributed by atoms with Crippen LogP contribution in [-0.4, -0.2) is 10.2 Å². The minimum absolute atomic E-state index is 0.187. The number of aromatic hydroxyl groups is 2. The van der Waals surface area contributed by atoms with Crippen LogP contribution < -0.4 is 10.1 Å². The van der Waals surface area contributed by atoms with Gasteiger partial charge in [-0.2, -0.15) is 0 Å². The summed E-state index contributed by atoms with van der Waals surface area (Å²) in [7, 11) is 0. The van der Waals surface area contributed by atoms with Crippen molar-refractivity contribution in [3.63, 3.8) is 0 Å². The smallest absolute Gasteiger partial charge is 0.167 e. The third-order valence-electron chi connectivity index (χ3n) is 2.59. The lowest BCUT2D eigenvalue weighted by molar-refractivity contribution is 0.413. The lowest BCUT2D eigenvalue weighted by Crippen LogP contribution is -2.03. The number of ether oxygens (including phenoxy) is 1. The van der Waals surface area contributed by atoms with Gasteiger partial charge < -0.3 is 20.3 Å². The number of hydrogen-bond donors (Lipinski definition) is 3. The molecular weight excluding hydrogens is 244 g/mol. The fourth-order valence-electron chi connectivity index (χ4n) is 1.71. The Bertz CT molecular complexity index is 547. The van der Waals surface area contributed by atoms with E-state index in [-0.39, 0.29) is 22.9 Å². The fraction of sp³-hybridized carbons (Fsp3) is 0. The predicted octanol–water partition coefficient (Wildman–Crippen LogP) is 3.23. The average Bonchev–Trinajstić information content (AvgIpc) is 2.31. The van der Waals surface area contributed by atoms with Crippen LogP contribution in [0.15, 0.2) is 24.3 Å². The Kier molecular flexibility index (Phi) is 2.07. The standard InChI is InChI=1S/C12H7F2NO3/c13-5-1-7-11(3-9(5)16)18-12-4-10(17)6(14)2-8(12)15-7/h1-4,15-17H. The number of nitrogens with one attached hydrogen (secondary N) is 1. The molecule has 0 fully saturated rings. The van der Waals surface area contributed by atoms with Crippen molar-refractivity contribution < 1.29 is 23.7 Å². The topological polar surface area (TPSA) is 61.7 Å². The van der Waals surface area contributed by atoms with Crippen LogP contribution in [0, 0.1) is 11.6 Å². The molecule has 0 radical (unpaired) electrons. The van der Waals surface area contributed by atoms with E-state index in [0.717, 1.165) is 24.3 Å². The number of phenols is 2. The number of hydrogen-bond acceptors (Lipinski definition) is 4. The molecule has 92 valence electrons. The molecule has 18 heavy (non-hydrogen) atoms. The summed E-state index contributed by atoms with van der Waals surface area (Å²) < 4.78 is 31.7. The number of benzene rings is 2. The van der Waals surface area contributed by atoms with Crippen molar-refractivity contribution in [3.05, 3.63) is 35.9 Å². The van der Waals surface area contributed by atoms with Gasteiger partial charge in [0.1, 0.15) is 0 Å². The maximum absolute atomic E-state index is 13.2. The Morgan fingerprint density at radius 1 is 0.833 bits per heavy atom. The molecule has 0 aromatic heterocycles.